The first-order valence-corrected chi connectivity index (χ1v) is 6.21. The van der Waals surface area contributed by atoms with Crippen molar-refractivity contribution in [3.8, 4) is 5.75 Å². The van der Waals surface area contributed by atoms with Crippen molar-refractivity contribution < 1.29 is 19.1 Å². The van der Waals surface area contributed by atoms with Crippen LogP contribution in [0.3, 0.4) is 0 Å². The van der Waals surface area contributed by atoms with Crippen LogP contribution in [0.5, 0.6) is 5.75 Å². The third kappa shape index (κ3) is 5.90. The summed E-state index contributed by atoms with van der Waals surface area (Å²) in [6.07, 6.45) is 0.245. The SMILES string of the molecule is CCOc1ccc(CNC(=O)CCC(=O)OC)cc1. The minimum atomic E-state index is -0.379. The highest BCUT2D eigenvalue weighted by Crippen LogP contribution is 2.11. The van der Waals surface area contributed by atoms with Gasteiger partial charge in [0.1, 0.15) is 5.75 Å². The number of nitrogens with one attached hydrogen (secondary N) is 1. The zero-order valence-electron chi connectivity index (χ0n) is 11.3. The van der Waals surface area contributed by atoms with E-state index >= 15 is 0 Å². The van der Waals surface area contributed by atoms with Crippen LogP contribution in [0.4, 0.5) is 0 Å². The van der Waals surface area contributed by atoms with Crippen LogP contribution in [0, 0.1) is 0 Å². The summed E-state index contributed by atoms with van der Waals surface area (Å²) in [6, 6.07) is 7.51. The molecule has 5 heteroatoms. The fourth-order valence-electron chi connectivity index (χ4n) is 1.48. The zero-order chi connectivity index (χ0) is 14.1. The van der Waals surface area contributed by atoms with Gasteiger partial charge in [0.2, 0.25) is 5.91 Å². The van der Waals surface area contributed by atoms with Crippen molar-refractivity contribution in [1.29, 1.82) is 0 Å². The van der Waals surface area contributed by atoms with E-state index in [1.165, 1.54) is 7.11 Å². The van der Waals surface area contributed by atoms with Crippen LogP contribution in [-0.2, 0) is 20.9 Å². The Balaban J connectivity index is 2.31. The van der Waals surface area contributed by atoms with E-state index in [0.717, 1.165) is 11.3 Å². The van der Waals surface area contributed by atoms with Gasteiger partial charge in [-0.1, -0.05) is 12.1 Å². The van der Waals surface area contributed by atoms with Gasteiger partial charge in [-0.2, -0.15) is 0 Å². The first-order valence-electron chi connectivity index (χ1n) is 6.21. The largest absolute Gasteiger partial charge is 0.494 e. The molecule has 104 valence electrons. The van der Waals surface area contributed by atoms with Crippen LogP contribution in [0.1, 0.15) is 25.3 Å². The third-order valence-electron chi connectivity index (χ3n) is 2.51. The van der Waals surface area contributed by atoms with Gasteiger partial charge in [0, 0.05) is 13.0 Å². The molecule has 0 atom stereocenters. The van der Waals surface area contributed by atoms with Gasteiger partial charge in [0.15, 0.2) is 0 Å². The van der Waals surface area contributed by atoms with E-state index in [4.69, 9.17) is 4.74 Å². The average molecular weight is 265 g/mol. The number of ether oxygens (including phenoxy) is 2. The molecule has 1 N–H and O–H groups in total. The lowest BCUT2D eigenvalue weighted by molar-refractivity contribution is -0.142. The first kappa shape index (κ1) is 15.0. The number of esters is 1. The Hall–Kier alpha value is -2.04. The molecule has 0 saturated heterocycles. The number of methoxy groups -OCH3 is 1. The molecule has 0 spiro atoms. The Morgan fingerprint density at radius 3 is 2.42 bits per heavy atom. The highest BCUT2D eigenvalue weighted by atomic mass is 16.5. The molecule has 5 nitrogen and oxygen atoms in total. The second kappa shape index (κ2) is 8.13. The van der Waals surface area contributed by atoms with Crippen molar-refractivity contribution in [2.24, 2.45) is 0 Å². The topological polar surface area (TPSA) is 64.6 Å². The minimum Gasteiger partial charge on any atom is -0.494 e. The van der Waals surface area contributed by atoms with Crippen LogP contribution >= 0.6 is 0 Å². The monoisotopic (exact) mass is 265 g/mol. The smallest absolute Gasteiger partial charge is 0.306 e. The summed E-state index contributed by atoms with van der Waals surface area (Å²) in [4.78, 5) is 22.3. The van der Waals surface area contributed by atoms with Gasteiger partial charge in [-0.15, -0.1) is 0 Å². The molecule has 0 heterocycles. The number of carbonyl (C=O) groups is 2. The predicted octanol–water partition coefficient (Wildman–Crippen LogP) is 1.65. The number of benzene rings is 1. The van der Waals surface area contributed by atoms with Crippen molar-refractivity contribution in [2.45, 2.75) is 26.3 Å². The zero-order valence-corrected chi connectivity index (χ0v) is 11.3. The fourth-order valence-corrected chi connectivity index (χ4v) is 1.48. The molecular formula is C14H19NO4. The molecule has 0 radical (unpaired) electrons. The van der Waals surface area contributed by atoms with Crippen LogP contribution in [0.2, 0.25) is 0 Å². The molecule has 1 amide bonds. The molecule has 0 fully saturated rings. The Kier molecular flexibility index (Phi) is 6.43. The van der Waals surface area contributed by atoms with Crippen LogP contribution < -0.4 is 10.1 Å². The van der Waals surface area contributed by atoms with Crippen LogP contribution in [-0.4, -0.2) is 25.6 Å². The molecule has 0 bridgehead atoms. The molecule has 1 aromatic carbocycles. The van der Waals surface area contributed by atoms with Crippen molar-refractivity contribution in [1.82, 2.24) is 5.32 Å². The maximum Gasteiger partial charge on any atom is 0.306 e. The van der Waals surface area contributed by atoms with Crippen molar-refractivity contribution in [3.05, 3.63) is 29.8 Å². The molecule has 0 aliphatic rings. The highest BCUT2D eigenvalue weighted by molar-refractivity contribution is 5.81. The summed E-state index contributed by atoms with van der Waals surface area (Å²) < 4.78 is 9.79. The van der Waals surface area contributed by atoms with Crippen LogP contribution in [0.25, 0.3) is 0 Å². The molecule has 0 unspecified atom stereocenters. The van der Waals surface area contributed by atoms with Crippen LogP contribution in [0.15, 0.2) is 24.3 Å². The van der Waals surface area contributed by atoms with E-state index in [-0.39, 0.29) is 24.7 Å². The van der Waals surface area contributed by atoms with E-state index in [9.17, 15) is 9.59 Å². The summed E-state index contributed by atoms with van der Waals surface area (Å²) in [6.45, 7) is 2.99. The lowest BCUT2D eigenvalue weighted by Gasteiger charge is -2.06. The Morgan fingerprint density at radius 2 is 1.84 bits per heavy atom. The van der Waals surface area contributed by atoms with Gasteiger partial charge < -0.3 is 14.8 Å². The number of rotatable bonds is 7. The summed E-state index contributed by atoms with van der Waals surface area (Å²) in [5.41, 5.74) is 0.981. The second-order valence-corrected chi connectivity index (χ2v) is 3.93. The normalized spacial score (nSPS) is 9.79. The van der Waals surface area contributed by atoms with Gasteiger partial charge in [-0.25, -0.2) is 0 Å². The maximum absolute atomic E-state index is 11.5. The molecule has 1 aromatic rings. The molecule has 1 rings (SSSR count). The molecule has 0 aliphatic carbocycles. The molecule has 19 heavy (non-hydrogen) atoms. The lowest BCUT2D eigenvalue weighted by Crippen LogP contribution is -2.23. The van der Waals surface area contributed by atoms with Crippen molar-refractivity contribution in [2.75, 3.05) is 13.7 Å². The standard InChI is InChI=1S/C14H19NO4/c1-3-19-12-6-4-11(5-7-12)10-15-13(16)8-9-14(17)18-2/h4-7H,3,8-10H2,1-2H3,(H,15,16). The first-order chi connectivity index (χ1) is 9.15. The minimum absolute atomic E-state index is 0.103. The summed E-state index contributed by atoms with van der Waals surface area (Å²) in [5, 5.41) is 2.74. The number of hydrogen-bond acceptors (Lipinski definition) is 4. The van der Waals surface area contributed by atoms with Gasteiger partial charge in [-0.3, -0.25) is 9.59 Å². The average Bonchev–Trinajstić information content (AvgIpc) is 2.44. The van der Waals surface area contributed by atoms with Gasteiger partial charge in [0.25, 0.3) is 0 Å². The molecule has 0 saturated carbocycles. The third-order valence-corrected chi connectivity index (χ3v) is 2.51. The highest BCUT2D eigenvalue weighted by Gasteiger charge is 2.06. The predicted molar refractivity (Wildman–Crippen MR) is 70.7 cm³/mol. The quantitative estimate of drug-likeness (QED) is 0.761. The van der Waals surface area contributed by atoms with E-state index in [1.807, 2.05) is 31.2 Å². The van der Waals surface area contributed by atoms with Crippen molar-refractivity contribution >= 4 is 11.9 Å². The fraction of sp³-hybridized carbons (Fsp3) is 0.429. The van der Waals surface area contributed by atoms with E-state index in [2.05, 4.69) is 10.1 Å². The van der Waals surface area contributed by atoms with Gasteiger partial charge in [-0.05, 0) is 24.6 Å². The number of hydrogen-bond donors (Lipinski definition) is 1. The second-order valence-electron chi connectivity index (χ2n) is 3.93. The summed E-state index contributed by atoms with van der Waals surface area (Å²) >= 11 is 0. The van der Waals surface area contributed by atoms with E-state index in [0.29, 0.717) is 13.2 Å². The number of amides is 1. The Bertz CT molecular complexity index is 414. The summed E-state index contributed by atoms with van der Waals surface area (Å²) in [7, 11) is 1.31. The van der Waals surface area contributed by atoms with Crippen molar-refractivity contribution in [3.63, 3.8) is 0 Å². The van der Waals surface area contributed by atoms with E-state index in [1.54, 1.807) is 0 Å². The Morgan fingerprint density at radius 1 is 1.16 bits per heavy atom. The Labute approximate surface area is 112 Å². The summed E-state index contributed by atoms with van der Waals surface area (Å²) in [5.74, 6) is 0.263. The lowest BCUT2D eigenvalue weighted by atomic mass is 10.2. The van der Waals surface area contributed by atoms with E-state index < -0.39 is 0 Å². The maximum atomic E-state index is 11.5. The molecule has 0 aliphatic heterocycles. The molecule has 0 aromatic heterocycles. The van der Waals surface area contributed by atoms with Gasteiger partial charge >= 0.3 is 5.97 Å². The molecular weight excluding hydrogens is 246 g/mol. The van der Waals surface area contributed by atoms with Gasteiger partial charge in [0.05, 0.1) is 20.1 Å². The number of carbonyl (C=O) groups excluding carboxylic acids is 2.